The number of aromatic nitrogens is 2. The Hall–Kier alpha value is -3.78. The van der Waals surface area contributed by atoms with Gasteiger partial charge in [0.1, 0.15) is 5.58 Å². The van der Waals surface area contributed by atoms with E-state index in [2.05, 4.69) is 9.97 Å². The molecule has 7 nitrogen and oxygen atoms in total. The number of nitrogens with zero attached hydrogens (tertiary/aromatic N) is 3. The number of fused-ring (bicyclic) bond motifs is 1. The van der Waals surface area contributed by atoms with E-state index in [9.17, 15) is 14.9 Å². The zero-order chi connectivity index (χ0) is 20.2. The van der Waals surface area contributed by atoms with Gasteiger partial charge in [-0.05, 0) is 47.7 Å². The van der Waals surface area contributed by atoms with Gasteiger partial charge >= 0.3 is 0 Å². The summed E-state index contributed by atoms with van der Waals surface area (Å²) in [6.07, 6.45) is 6.00. The number of allylic oxidation sites excluding steroid dienone is 1. The summed E-state index contributed by atoms with van der Waals surface area (Å²) >= 11 is 1.10. The highest BCUT2D eigenvalue weighted by Crippen LogP contribution is 2.33. The fourth-order valence-electron chi connectivity index (χ4n) is 2.66. The Bertz CT molecular complexity index is 1200. The van der Waals surface area contributed by atoms with Crippen LogP contribution in [0.4, 0.5) is 5.69 Å². The highest BCUT2D eigenvalue weighted by molar-refractivity contribution is 7.99. The van der Waals surface area contributed by atoms with E-state index in [1.165, 1.54) is 18.2 Å². The summed E-state index contributed by atoms with van der Waals surface area (Å²) in [6, 6.07) is 15.4. The van der Waals surface area contributed by atoms with Gasteiger partial charge in [0, 0.05) is 23.8 Å². The lowest BCUT2D eigenvalue weighted by molar-refractivity contribution is -0.387. The molecule has 0 bridgehead atoms. The molecule has 0 amide bonds. The van der Waals surface area contributed by atoms with Crippen LogP contribution < -0.4 is 0 Å². The van der Waals surface area contributed by atoms with Crippen molar-refractivity contribution < 1.29 is 14.1 Å². The number of benzene rings is 2. The van der Waals surface area contributed by atoms with Crippen LogP contribution in [0.3, 0.4) is 0 Å². The predicted octanol–water partition coefficient (Wildman–Crippen LogP) is 5.18. The van der Waals surface area contributed by atoms with Crippen LogP contribution in [0.25, 0.3) is 17.0 Å². The molecule has 0 aliphatic carbocycles. The molecule has 2 heterocycles. The maximum Gasteiger partial charge on any atom is 0.283 e. The van der Waals surface area contributed by atoms with Gasteiger partial charge in [-0.1, -0.05) is 30.3 Å². The Labute approximate surface area is 169 Å². The van der Waals surface area contributed by atoms with Crippen molar-refractivity contribution >= 4 is 40.3 Å². The average molecular weight is 403 g/mol. The van der Waals surface area contributed by atoms with Gasteiger partial charge in [0.25, 0.3) is 5.69 Å². The number of carbonyl (C=O) groups is 1. The summed E-state index contributed by atoms with van der Waals surface area (Å²) in [5, 5.41) is 12.7. The normalized spacial score (nSPS) is 11.2. The van der Waals surface area contributed by atoms with E-state index >= 15 is 0 Å². The number of nitro benzene ring substituents is 1. The molecular weight excluding hydrogens is 390 g/mol. The SMILES string of the molecule is O=C(C=Cc1ccc(Sc2ncccn2)c([N+](=O)[O-])c1)c1cc2ccccc2o1. The lowest BCUT2D eigenvalue weighted by Crippen LogP contribution is -1.94. The average Bonchev–Trinajstić information content (AvgIpc) is 3.18. The molecule has 0 atom stereocenters. The maximum atomic E-state index is 12.4. The van der Waals surface area contributed by atoms with Gasteiger partial charge in [0.15, 0.2) is 10.9 Å². The third kappa shape index (κ3) is 4.22. The van der Waals surface area contributed by atoms with Crippen molar-refractivity contribution in [3.8, 4) is 0 Å². The number of ketones is 1. The minimum absolute atomic E-state index is 0.0826. The molecule has 29 heavy (non-hydrogen) atoms. The van der Waals surface area contributed by atoms with Gasteiger partial charge in [-0.15, -0.1) is 0 Å². The highest BCUT2D eigenvalue weighted by atomic mass is 32.2. The molecule has 2 aromatic carbocycles. The van der Waals surface area contributed by atoms with Crippen molar-refractivity contribution in [2.24, 2.45) is 0 Å². The molecule has 0 spiro atoms. The van der Waals surface area contributed by atoms with Gasteiger partial charge < -0.3 is 4.42 Å². The Morgan fingerprint density at radius 3 is 2.62 bits per heavy atom. The highest BCUT2D eigenvalue weighted by Gasteiger charge is 2.16. The molecule has 0 saturated carbocycles. The minimum Gasteiger partial charge on any atom is -0.453 e. The third-order valence-electron chi connectivity index (χ3n) is 4.02. The zero-order valence-corrected chi connectivity index (χ0v) is 15.7. The largest absolute Gasteiger partial charge is 0.453 e. The Balaban J connectivity index is 1.57. The van der Waals surface area contributed by atoms with Gasteiger partial charge in [-0.25, -0.2) is 9.97 Å². The van der Waals surface area contributed by atoms with Gasteiger partial charge in [-0.3, -0.25) is 14.9 Å². The monoisotopic (exact) mass is 403 g/mol. The molecule has 0 aliphatic rings. The molecule has 8 heteroatoms. The predicted molar refractivity (Wildman–Crippen MR) is 109 cm³/mol. The first-order valence-electron chi connectivity index (χ1n) is 8.54. The molecule has 0 radical (unpaired) electrons. The molecule has 142 valence electrons. The van der Waals surface area contributed by atoms with Crippen molar-refractivity contribution in [1.29, 1.82) is 0 Å². The first kappa shape index (κ1) is 18.6. The van der Waals surface area contributed by atoms with E-state index in [0.717, 1.165) is 17.1 Å². The zero-order valence-electron chi connectivity index (χ0n) is 14.9. The molecule has 4 rings (SSSR count). The van der Waals surface area contributed by atoms with Crippen LogP contribution in [0.2, 0.25) is 0 Å². The Morgan fingerprint density at radius 2 is 1.86 bits per heavy atom. The van der Waals surface area contributed by atoms with Crippen LogP contribution in [0.1, 0.15) is 16.1 Å². The fourth-order valence-corrected chi connectivity index (χ4v) is 3.46. The van der Waals surface area contributed by atoms with E-state index in [0.29, 0.717) is 21.2 Å². The van der Waals surface area contributed by atoms with Crippen LogP contribution in [-0.2, 0) is 0 Å². The molecule has 4 aromatic rings. The summed E-state index contributed by atoms with van der Waals surface area (Å²) in [6.45, 7) is 0. The topological polar surface area (TPSA) is 99.1 Å². The van der Waals surface area contributed by atoms with Crippen LogP contribution in [0, 0.1) is 10.1 Å². The van der Waals surface area contributed by atoms with Gasteiger partial charge in [0.05, 0.1) is 9.82 Å². The number of carbonyl (C=O) groups excluding carboxylic acids is 1. The van der Waals surface area contributed by atoms with E-state index in [-0.39, 0.29) is 17.2 Å². The number of hydrogen-bond acceptors (Lipinski definition) is 7. The second kappa shape index (κ2) is 8.07. The van der Waals surface area contributed by atoms with Gasteiger partial charge in [0.2, 0.25) is 5.78 Å². The second-order valence-corrected chi connectivity index (χ2v) is 6.97. The van der Waals surface area contributed by atoms with Gasteiger partial charge in [-0.2, -0.15) is 0 Å². The quantitative estimate of drug-likeness (QED) is 0.144. The fraction of sp³-hybridized carbons (Fsp3) is 0. The van der Waals surface area contributed by atoms with E-state index in [1.54, 1.807) is 42.7 Å². The summed E-state index contributed by atoms with van der Waals surface area (Å²) in [7, 11) is 0. The number of para-hydroxylation sites is 1. The summed E-state index contributed by atoms with van der Waals surface area (Å²) in [5.41, 5.74) is 1.07. The third-order valence-corrected chi connectivity index (χ3v) is 4.98. The second-order valence-electron chi connectivity index (χ2n) is 5.96. The van der Waals surface area contributed by atoms with Crippen molar-refractivity contribution in [1.82, 2.24) is 9.97 Å². The molecule has 0 aliphatic heterocycles. The van der Waals surface area contributed by atoms with Crippen LogP contribution in [0.15, 0.2) is 87.5 Å². The van der Waals surface area contributed by atoms with Crippen molar-refractivity contribution in [2.75, 3.05) is 0 Å². The Kier molecular flexibility index (Phi) is 5.17. The number of hydrogen-bond donors (Lipinski definition) is 0. The molecular formula is C21H13N3O4S. The smallest absolute Gasteiger partial charge is 0.283 e. The van der Waals surface area contributed by atoms with E-state index in [4.69, 9.17) is 4.42 Å². The summed E-state index contributed by atoms with van der Waals surface area (Å²) in [4.78, 5) is 31.9. The van der Waals surface area contributed by atoms with Crippen molar-refractivity contribution in [3.05, 3.63) is 94.5 Å². The molecule has 0 saturated heterocycles. The van der Waals surface area contributed by atoms with Crippen LogP contribution in [-0.4, -0.2) is 20.7 Å². The lowest BCUT2D eigenvalue weighted by Gasteiger charge is -2.03. The minimum atomic E-state index is -0.469. The van der Waals surface area contributed by atoms with Crippen molar-refractivity contribution in [3.63, 3.8) is 0 Å². The molecule has 0 fully saturated rings. The van der Waals surface area contributed by atoms with Crippen LogP contribution in [0.5, 0.6) is 0 Å². The Morgan fingerprint density at radius 1 is 1.07 bits per heavy atom. The van der Waals surface area contributed by atoms with E-state index in [1.807, 2.05) is 18.2 Å². The van der Waals surface area contributed by atoms with E-state index < -0.39 is 4.92 Å². The summed E-state index contributed by atoms with van der Waals surface area (Å²) in [5.74, 6) is -0.106. The van der Waals surface area contributed by atoms with Crippen molar-refractivity contribution in [2.45, 2.75) is 10.1 Å². The summed E-state index contributed by atoms with van der Waals surface area (Å²) < 4.78 is 5.54. The number of furan rings is 1. The number of nitro groups is 1. The molecule has 2 aromatic heterocycles. The van der Waals surface area contributed by atoms with Crippen LogP contribution >= 0.6 is 11.8 Å². The first-order chi connectivity index (χ1) is 14.1. The lowest BCUT2D eigenvalue weighted by atomic mass is 10.1. The standard InChI is InChI=1S/C21H13N3O4S/c25-17(19-13-15-4-1-2-5-18(15)28-19)8-6-14-7-9-20(16(12-14)24(26)27)29-21-22-10-3-11-23-21/h1-13H. The first-order valence-corrected chi connectivity index (χ1v) is 9.36. The number of rotatable bonds is 6. The molecule has 0 N–H and O–H groups in total. The maximum absolute atomic E-state index is 12.4. The molecule has 0 unspecified atom stereocenters.